The zero-order valence-corrected chi connectivity index (χ0v) is 18.6. The molecule has 0 saturated carbocycles. The van der Waals surface area contributed by atoms with Gasteiger partial charge < -0.3 is 15.3 Å². The van der Waals surface area contributed by atoms with Gasteiger partial charge in [0.1, 0.15) is 0 Å². The molecule has 0 bridgehead atoms. The van der Waals surface area contributed by atoms with Gasteiger partial charge in [0, 0.05) is 26.1 Å². The molecule has 1 aliphatic rings. The van der Waals surface area contributed by atoms with E-state index < -0.39 is 0 Å². The van der Waals surface area contributed by atoms with Crippen LogP contribution in [0, 0.1) is 5.92 Å². The van der Waals surface area contributed by atoms with Crippen LogP contribution in [0.5, 0.6) is 0 Å². The summed E-state index contributed by atoms with van der Waals surface area (Å²) in [6.07, 6.45) is 6.51. The summed E-state index contributed by atoms with van der Waals surface area (Å²) in [5.74, 6) is 0.287. The summed E-state index contributed by atoms with van der Waals surface area (Å²) >= 11 is 0. The molecule has 0 spiro atoms. The van der Waals surface area contributed by atoms with Crippen LogP contribution in [0.2, 0.25) is 0 Å². The zero-order valence-electron chi connectivity index (χ0n) is 18.6. The zero-order chi connectivity index (χ0) is 20.8. The summed E-state index contributed by atoms with van der Waals surface area (Å²) in [6.45, 7) is 15.8. The molecule has 5 heteroatoms. The topological polar surface area (TPSA) is 69.6 Å². The molecule has 1 saturated heterocycles. The number of unbranched alkanes of at least 4 members (excludes halogenated alkanes) is 3. The van der Waals surface area contributed by atoms with E-state index in [-0.39, 0.29) is 25.0 Å². The van der Waals surface area contributed by atoms with Gasteiger partial charge in [-0.05, 0) is 25.2 Å². The Morgan fingerprint density at radius 1 is 0.962 bits per heavy atom. The number of likely N-dealkylation sites (tertiary alicyclic amines) is 1. The quantitative estimate of drug-likeness (QED) is 0.619. The Morgan fingerprint density at radius 2 is 1.50 bits per heavy atom. The van der Waals surface area contributed by atoms with Gasteiger partial charge in [0.05, 0.1) is 6.54 Å². The van der Waals surface area contributed by atoms with Crippen molar-refractivity contribution in [3.8, 4) is 0 Å². The predicted molar refractivity (Wildman–Crippen MR) is 112 cm³/mol. The minimum absolute atomic E-state index is 0.0108. The van der Waals surface area contributed by atoms with Crippen LogP contribution in [0.1, 0.15) is 93.4 Å². The van der Waals surface area contributed by atoms with E-state index in [1.54, 1.807) is 4.90 Å². The van der Waals surface area contributed by atoms with Crippen molar-refractivity contribution < 1.29 is 14.7 Å². The molecule has 0 aromatic carbocycles. The first-order chi connectivity index (χ1) is 12.7. The molecule has 5 nitrogen and oxygen atoms in total. The second-order valence-corrected chi connectivity index (χ2v) is 5.59. The smallest absolute Gasteiger partial charge is 0.241 e. The molecule has 1 rings (SSSR count). The van der Waals surface area contributed by atoms with Crippen LogP contribution < -0.4 is 5.32 Å². The largest absolute Gasteiger partial charge is 0.396 e. The van der Waals surface area contributed by atoms with Crippen molar-refractivity contribution >= 4 is 11.8 Å². The lowest BCUT2D eigenvalue weighted by molar-refractivity contribution is -0.134. The van der Waals surface area contributed by atoms with E-state index in [9.17, 15) is 9.59 Å². The molecule has 158 valence electrons. The second kappa shape index (κ2) is 23.9. The van der Waals surface area contributed by atoms with Gasteiger partial charge in [-0.15, -0.1) is 0 Å². The van der Waals surface area contributed by atoms with Gasteiger partial charge in [-0.25, -0.2) is 0 Å². The fourth-order valence-corrected chi connectivity index (χ4v) is 2.45. The van der Waals surface area contributed by atoms with E-state index in [1.165, 1.54) is 0 Å². The van der Waals surface area contributed by atoms with Crippen molar-refractivity contribution in [1.82, 2.24) is 10.2 Å². The molecule has 0 radical (unpaired) electrons. The maximum absolute atomic E-state index is 11.9. The van der Waals surface area contributed by atoms with Crippen LogP contribution in [0.3, 0.4) is 0 Å². The Bertz CT molecular complexity index is 302. The van der Waals surface area contributed by atoms with E-state index in [0.717, 1.165) is 38.5 Å². The van der Waals surface area contributed by atoms with Gasteiger partial charge in [0.15, 0.2) is 0 Å². The first kappa shape index (κ1) is 29.7. The maximum Gasteiger partial charge on any atom is 0.241 e. The van der Waals surface area contributed by atoms with Gasteiger partial charge >= 0.3 is 0 Å². The van der Waals surface area contributed by atoms with Crippen molar-refractivity contribution in [1.29, 1.82) is 0 Å². The maximum atomic E-state index is 11.9. The number of hydrogen-bond acceptors (Lipinski definition) is 3. The number of aliphatic hydroxyl groups excluding tert-OH is 1. The number of rotatable bonds is 8. The Morgan fingerprint density at radius 3 is 1.96 bits per heavy atom. The average Bonchev–Trinajstić information content (AvgIpc) is 2.74. The van der Waals surface area contributed by atoms with E-state index in [4.69, 9.17) is 5.11 Å². The highest BCUT2D eigenvalue weighted by molar-refractivity contribution is 5.84. The fraction of sp³-hybridized carbons (Fsp3) is 0.905. The molecule has 1 heterocycles. The molecule has 0 unspecified atom stereocenters. The van der Waals surface area contributed by atoms with Crippen LogP contribution >= 0.6 is 0 Å². The molecule has 2 amide bonds. The Labute approximate surface area is 162 Å². The number of carbonyl (C=O) groups is 2. The van der Waals surface area contributed by atoms with Gasteiger partial charge in [-0.2, -0.15) is 0 Å². The minimum atomic E-state index is -0.0281. The van der Waals surface area contributed by atoms with E-state index in [1.807, 2.05) is 41.5 Å². The van der Waals surface area contributed by atoms with Crippen molar-refractivity contribution in [3.63, 3.8) is 0 Å². The predicted octanol–water partition coefficient (Wildman–Crippen LogP) is 4.38. The van der Waals surface area contributed by atoms with E-state index in [2.05, 4.69) is 12.2 Å². The summed E-state index contributed by atoms with van der Waals surface area (Å²) in [5.41, 5.74) is 0. The molecule has 0 aliphatic carbocycles. The van der Waals surface area contributed by atoms with Gasteiger partial charge in [-0.3, -0.25) is 9.59 Å². The minimum Gasteiger partial charge on any atom is -0.396 e. The van der Waals surface area contributed by atoms with Crippen LogP contribution in [0.25, 0.3) is 0 Å². The highest BCUT2D eigenvalue weighted by Crippen LogP contribution is 2.16. The molecule has 0 aromatic rings. The molecule has 0 atom stereocenters. The second-order valence-electron chi connectivity index (χ2n) is 5.59. The number of carbonyl (C=O) groups excluding carboxylic acids is 2. The van der Waals surface area contributed by atoms with Crippen LogP contribution in [-0.2, 0) is 9.59 Å². The molecule has 1 fully saturated rings. The fourth-order valence-electron chi connectivity index (χ4n) is 2.45. The lowest BCUT2D eigenvalue weighted by Crippen LogP contribution is -2.44. The average molecular weight is 375 g/mol. The van der Waals surface area contributed by atoms with Crippen molar-refractivity contribution in [2.75, 3.05) is 26.2 Å². The summed E-state index contributed by atoms with van der Waals surface area (Å²) in [5, 5.41) is 11.8. The highest BCUT2D eigenvalue weighted by atomic mass is 16.3. The molecular weight excluding hydrogens is 328 g/mol. The molecule has 2 N–H and O–H groups in total. The number of aliphatic hydroxyl groups is 1. The number of piperidine rings is 1. The van der Waals surface area contributed by atoms with Gasteiger partial charge in [0.25, 0.3) is 0 Å². The third kappa shape index (κ3) is 16.4. The molecule has 0 aromatic heterocycles. The number of amides is 2. The van der Waals surface area contributed by atoms with Crippen LogP contribution in [0.4, 0.5) is 0 Å². The van der Waals surface area contributed by atoms with Crippen LogP contribution in [0.15, 0.2) is 0 Å². The Balaban J connectivity index is -0.000000795. The summed E-state index contributed by atoms with van der Waals surface area (Å²) in [7, 11) is 0. The summed E-state index contributed by atoms with van der Waals surface area (Å²) in [4.78, 5) is 25.3. The summed E-state index contributed by atoms with van der Waals surface area (Å²) < 4.78 is 0. The molecular formula is C21H46N2O3. The lowest BCUT2D eigenvalue weighted by atomic mass is 9.98. The number of nitrogens with one attached hydrogen (secondary N) is 1. The molecule has 1 aliphatic heterocycles. The summed E-state index contributed by atoms with van der Waals surface area (Å²) in [6, 6.07) is 0. The standard InChI is InChI=1S/C15H28N2O3.3C2H6/c1-2-3-4-5-6-14(19)16-11-15(20)17-9-7-13(12-18)8-10-17;3*1-2/h13,18H,2-12H2,1H3,(H,16,19);3*1-2H3. The Kier molecular flexibility index (Phi) is 27.3. The van der Waals surface area contributed by atoms with Gasteiger partial charge in [-0.1, -0.05) is 67.7 Å². The number of hydrogen-bond donors (Lipinski definition) is 2. The highest BCUT2D eigenvalue weighted by Gasteiger charge is 2.22. The first-order valence-electron chi connectivity index (χ1n) is 10.8. The molecule has 26 heavy (non-hydrogen) atoms. The SMILES string of the molecule is CC.CC.CC.CCCCCCC(=O)NCC(=O)N1CCC(CO)CC1. The third-order valence-corrected chi connectivity index (χ3v) is 3.92. The van der Waals surface area contributed by atoms with Crippen molar-refractivity contribution in [3.05, 3.63) is 0 Å². The van der Waals surface area contributed by atoms with E-state index >= 15 is 0 Å². The van der Waals surface area contributed by atoms with Gasteiger partial charge in [0.2, 0.25) is 11.8 Å². The lowest BCUT2D eigenvalue weighted by Gasteiger charge is -2.31. The Hall–Kier alpha value is -1.10. The number of nitrogens with zero attached hydrogens (tertiary/aromatic N) is 1. The van der Waals surface area contributed by atoms with E-state index in [0.29, 0.717) is 25.4 Å². The third-order valence-electron chi connectivity index (χ3n) is 3.92. The van der Waals surface area contributed by atoms with Crippen LogP contribution in [-0.4, -0.2) is 48.1 Å². The normalized spacial score (nSPS) is 13.2. The first-order valence-corrected chi connectivity index (χ1v) is 10.8. The van der Waals surface area contributed by atoms with Crippen molar-refractivity contribution in [2.24, 2.45) is 5.92 Å². The van der Waals surface area contributed by atoms with Crippen molar-refractivity contribution in [2.45, 2.75) is 93.4 Å². The monoisotopic (exact) mass is 374 g/mol.